The average Bonchev–Trinajstić information content (AvgIpc) is 3.14. The first-order chi connectivity index (χ1) is 11.8. The van der Waals surface area contributed by atoms with E-state index in [0.29, 0.717) is 25.3 Å². The summed E-state index contributed by atoms with van der Waals surface area (Å²) in [4.78, 5) is 16.8. The lowest BCUT2D eigenvalue weighted by molar-refractivity contribution is 0.0362. The van der Waals surface area contributed by atoms with Crippen LogP contribution in [0.15, 0.2) is 23.9 Å². The number of allylic oxidation sites excluding steroid dienone is 1. The van der Waals surface area contributed by atoms with Gasteiger partial charge in [0.15, 0.2) is 9.84 Å². The Morgan fingerprint density at radius 2 is 2.00 bits per heavy atom. The van der Waals surface area contributed by atoms with Crippen LogP contribution >= 0.6 is 0 Å². The number of carbonyl (C=O) groups excluding carboxylic acids is 1. The molecule has 8 heteroatoms. The van der Waals surface area contributed by atoms with Gasteiger partial charge in [0.1, 0.15) is 5.69 Å². The molecule has 0 saturated carbocycles. The molecular formula is C17H26N4O3S. The Hall–Kier alpha value is -1.67. The van der Waals surface area contributed by atoms with E-state index in [2.05, 4.69) is 16.1 Å². The summed E-state index contributed by atoms with van der Waals surface area (Å²) < 4.78 is 26.2. The molecule has 1 amide bonds. The third-order valence-corrected chi connectivity index (χ3v) is 6.67. The molecule has 1 aromatic rings. The Balaban J connectivity index is 1.83. The zero-order valence-corrected chi connectivity index (χ0v) is 15.9. The van der Waals surface area contributed by atoms with E-state index in [4.69, 9.17) is 0 Å². The Morgan fingerprint density at radius 1 is 1.28 bits per heavy atom. The van der Waals surface area contributed by atoms with Crippen molar-refractivity contribution in [2.24, 2.45) is 0 Å². The van der Waals surface area contributed by atoms with E-state index in [-0.39, 0.29) is 29.5 Å². The first kappa shape index (κ1) is 18.1. The molecule has 0 bridgehead atoms. The predicted octanol–water partition coefficient (Wildman–Crippen LogP) is 0.793. The van der Waals surface area contributed by atoms with Crippen molar-refractivity contribution in [3.05, 3.63) is 29.6 Å². The van der Waals surface area contributed by atoms with Crippen LogP contribution in [0.2, 0.25) is 0 Å². The third-order valence-electron chi connectivity index (χ3n) is 4.97. The maximum absolute atomic E-state index is 12.9. The van der Waals surface area contributed by atoms with E-state index in [0.717, 1.165) is 6.54 Å². The molecule has 2 aliphatic rings. The van der Waals surface area contributed by atoms with E-state index in [1.807, 2.05) is 20.8 Å². The molecule has 0 radical (unpaired) electrons. The molecule has 3 rings (SSSR count). The number of hydrogen-bond donors (Lipinski definition) is 0. The van der Waals surface area contributed by atoms with Gasteiger partial charge in [0.2, 0.25) is 0 Å². The van der Waals surface area contributed by atoms with E-state index in [1.165, 1.54) is 5.57 Å². The second-order valence-electron chi connectivity index (χ2n) is 7.04. The predicted molar refractivity (Wildman–Crippen MR) is 96.2 cm³/mol. The Bertz CT molecular complexity index is 780. The highest BCUT2D eigenvalue weighted by Crippen LogP contribution is 2.28. The van der Waals surface area contributed by atoms with Crippen LogP contribution in [0, 0.1) is 0 Å². The van der Waals surface area contributed by atoms with Crippen LogP contribution in [0.3, 0.4) is 0 Å². The van der Waals surface area contributed by atoms with Crippen LogP contribution in [-0.2, 0) is 16.4 Å². The van der Waals surface area contributed by atoms with Crippen molar-refractivity contribution in [3.63, 3.8) is 0 Å². The summed E-state index contributed by atoms with van der Waals surface area (Å²) in [6.45, 7) is 8.67. The first-order valence-electron chi connectivity index (χ1n) is 8.73. The molecule has 2 fully saturated rings. The minimum Gasteiger partial charge on any atom is -0.330 e. The molecule has 0 unspecified atom stereocenters. The number of rotatable bonds is 4. The van der Waals surface area contributed by atoms with Gasteiger partial charge in [-0.1, -0.05) is 11.6 Å². The van der Waals surface area contributed by atoms with Gasteiger partial charge in [-0.25, -0.2) is 8.42 Å². The summed E-state index contributed by atoms with van der Waals surface area (Å²) in [5, 5.41) is 4.29. The highest BCUT2D eigenvalue weighted by Gasteiger charge is 2.48. The topological polar surface area (TPSA) is 75.5 Å². The van der Waals surface area contributed by atoms with Crippen molar-refractivity contribution in [1.29, 1.82) is 0 Å². The van der Waals surface area contributed by atoms with Gasteiger partial charge < -0.3 is 4.90 Å². The van der Waals surface area contributed by atoms with E-state index >= 15 is 0 Å². The minimum absolute atomic E-state index is 0.0449. The lowest BCUT2D eigenvalue weighted by Crippen LogP contribution is -2.60. The number of nitrogens with zero attached hydrogens (tertiary/aromatic N) is 4. The van der Waals surface area contributed by atoms with Crippen molar-refractivity contribution < 1.29 is 13.2 Å². The number of hydrogen-bond acceptors (Lipinski definition) is 5. The maximum Gasteiger partial charge on any atom is 0.274 e. The molecule has 2 saturated heterocycles. The van der Waals surface area contributed by atoms with Crippen LogP contribution in [0.25, 0.3) is 0 Å². The van der Waals surface area contributed by atoms with E-state index < -0.39 is 9.84 Å². The van der Waals surface area contributed by atoms with Crippen molar-refractivity contribution in [2.75, 3.05) is 31.1 Å². The van der Waals surface area contributed by atoms with Gasteiger partial charge in [0.25, 0.3) is 5.91 Å². The first-order valence-corrected chi connectivity index (χ1v) is 10.5. The molecule has 0 N–H and O–H groups in total. The quantitative estimate of drug-likeness (QED) is 0.737. The number of carbonyl (C=O) groups is 1. The lowest BCUT2D eigenvalue weighted by Gasteiger charge is -2.43. The lowest BCUT2D eigenvalue weighted by atomic mass is 10.0. The second-order valence-corrected chi connectivity index (χ2v) is 9.20. The fourth-order valence-corrected chi connectivity index (χ4v) is 5.61. The van der Waals surface area contributed by atoms with Gasteiger partial charge >= 0.3 is 0 Å². The van der Waals surface area contributed by atoms with Crippen molar-refractivity contribution in [3.8, 4) is 0 Å². The summed E-state index contributed by atoms with van der Waals surface area (Å²) in [7, 11) is -3.13. The van der Waals surface area contributed by atoms with Crippen molar-refractivity contribution in [2.45, 2.75) is 39.4 Å². The molecule has 2 atom stereocenters. The molecule has 0 aliphatic carbocycles. The zero-order chi connectivity index (χ0) is 18.2. The van der Waals surface area contributed by atoms with E-state index in [1.54, 1.807) is 21.8 Å². The summed E-state index contributed by atoms with van der Waals surface area (Å²) >= 11 is 0. The average molecular weight is 366 g/mol. The molecule has 0 aromatic carbocycles. The van der Waals surface area contributed by atoms with Crippen LogP contribution in [0.5, 0.6) is 0 Å². The largest absolute Gasteiger partial charge is 0.330 e. The summed E-state index contributed by atoms with van der Waals surface area (Å²) in [5.41, 5.74) is 1.60. The van der Waals surface area contributed by atoms with Crippen LogP contribution in [-0.4, -0.2) is 77.1 Å². The number of amides is 1. The monoisotopic (exact) mass is 366 g/mol. The highest BCUT2D eigenvalue weighted by atomic mass is 32.2. The van der Waals surface area contributed by atoms with Crippen LogP contribution < -0.4 is 0 Å². The van der Waals surface area contributed by atoms with Gasteiger partial charge in [-0.15, -0.1) is 0 Å². The molecule has 0 spiro atoms. The SMILES string of the molecule is CCn1ccc(C(=O)N2CCN(CC=C(C)C)[C@@H]3CS(=O)(=O)C[C@@H]32)n1. The Morgan fingerprint density at radius 3 is 2.64 bits per heavy atom. The van der Waals surface area contributed by atoms with Gasteiger partial charge in [0, 0.05) is 38.4 Å². The second kappa shape index (κ2) is 6.92. The smallest absolute Gasteiger partial charge is 0.274 e. The molecule has 1 aromatic heterocycles. The van der Waals surface area contributed by atoms with Crippen LogP contribution in [0.4, 0.5) is 0 Å². The number of fused-ring (bicyclic) bond motifs is 1. The highest BCUT2D eigenvalue weighted by molar-refractivity contribution is 7.91. The van der Waals surface area contributed by atoms with Gasteiger partial charge in [-0.05, 0) is 26.8 Å². The van der Waals surface area contributed by atoms with Gasteiger partial charge in [-0.2, -0.15) is 5.10 Å². The molecular weight excluding hydrogens is 340 g/mol. The summed E-state index contributed by atoms with van der Waals surface area (Å²) in [6, 6.07) is 1.29. The molecule has 2 aliphatic heterocycles. The van der Waals surface area contributed by atoms with Crippen LogP contribution in [0.1, 0.15) is 31.3 Å². The van der Waals surface area contributed by atoms with Crippen molar-refractivity contribution in [1.82, 2.24) is 19.6 Å². The number of aryl methyl sites for hydroxylation is 1. The molecule has 138 valence electrons. The fraction of sp³-hybridized carbons (Fsp3) is 0.647. The Kier molecular flexibility index (Phi) is 5.02. The van der Waals surface area contributed by atoms with Gasteiger partial charge in [0.05, 0.1) is 17.5 Å². The summed E-state index contributed by atoms with van der Waals surface area (Å²) in [5.74, 6) is 0.00570. The van der Waals surface area contributed by atoms with Gasteiger partial charge in [-0.3, -0.25) is 14.4 Å². The zero-order valence-electron chi connectivity index (χ0n) is 15.1. The third kappa shape index (κ3) is 3.79. The fourth-order valence-electron chi connectivity index (χ4n) is 3.60. The number of aromatic nitrogens is 2. The molecule has 3 heterocycles. The Labute approximate surface area is 149 Å². The van der Waals surface area contributed by atoms with Crippen molar-refractivity contribution >= 4 is 15.7 Å². The normalized spacial score (nSPS) is 25.6. The number of piperazine rings is 1. The minimum atomic E-state index is -3.13. The summed E-state index contributed by atoms with van der Waals surface area (Å²) in [6.07, 6.45) is 3.89. The van der Waals surface area contributed by atoms with E-state index in [9.17, 15) is 13.2 Å². The number of sulfone groups is 1. The standard InChI is InChI=1S/C17H26N4O3S/c1-4-20-8-6-14(18-20)17(22)21-10-9-19(7-5-13(2)3)15-11-25(23,24)12-16(15)21/h5-6,8,15-16H,4,7,9-12H2,1-3H3/t15-,16+/m1/s1. The molecule has 25 heavy (non-hydrogen) atoms. The maximum atomic E-state index is 12.9. The molecule has 7 nitrogen and oxygen atoms in total.